The van der Waals surface area contributed by atoms with Gasteiger partial charge in [-0.3, -0.25) is 14.3 Å². The third-order valence-corrected chi connectivity index (χ3v) is 11.1. The highest BCUT2D eigenvalue weighted by atomic mass is 32.2. The highest BCUT2D eigenvalue weighted by Gasteiger charge is 2.38. The van der Waals surface area contributed by atoms with E-state index >= 15 is 0 Å². The summed E-state index contributed by atoms with van der Waals surface area (Å²) >= 11 is 1.21. The van der Waals surface area contributed by atoms with E-state index in [1.165, 1.54) is 45.5 Å². The maximum absolute atomic E-state index is 14.5. The van der Waals surface area contributed by atoms with Crippen LogP contribution in [-0.4, -0.2) is 89.4 Å². The van der Waals surface area contributed by atoms with E-state index in [0.29, 0.717) is 18.7 Å². The highest BCUT2D eigenvalue weighted by Crippen LogP contribution is 2.30. The van der Waals surface area contributed by atoms with Gasteiger partial charge in [0.05, 0.1) is 27.6 Å². The zero-order valence-corrected chi connectivity index (χ0v) is 25.6. The second-order valence-electron chi connectivity index (χ2n) is 11.1. The summed E-state index contributed by atoms with van der Waals surface area (Å²) < 4.78 is 29.5. The average molecular weight is 619 g/mol. The minimum absolute atomic E-state index is 0.00739. The van der Waals surface area contributed by atoms with Gasteiger partial charge in [-0.05, 0) is 54.6 Å². The van der Waals surface area contributed by atoms with Crippen molar-refractivity contribution in [2.75, 3.05) is 45.8 Å². The molecule has 0 saturated carbocycles. The summed E-state index contributed by atoms with van der Waals surface area (Å²) in [6, 6.07) is 16.1. The smallest absolute Gasteiger partial charge is 0.339 e. The van der Waals surface area contributed by atoms with E-state index in [1.54, 1.807) is 34.5 Å². The second kappa shape index (κ2) is 12.1. The molecule has 1 amide bonds. The molecule has 2 aromatic carbocycles. The van der Waals surface area contributed by atoms with Gasteiger partial charge in [0.15, 0.2) is 0 Å². The maximum atomic E-state index is 14.5. The first kappa shape index (κ1) is 29.3. The van der Waals surface area contributed by atoms with Crippen LogP contribution in [0.3, 0.4) is 0 Å². The fraction of sp³-hybridized carbons (Fsp3) is 0.387. The third-order valence-electron chi connectivity index (χ3n) is 8.54. The number of piperazine rings is 1. The monoisotopic (exact) mass is 618 g/mol. The van der Waals surface area contributed by atoms with E-state index in [4.69, 9.17) is 0 Å². The van der Waals surface area contributed by atoms with Gasteiger partial charge in [0.1, 0.15) is 6.04 Å². The van der Waals surface area contributed by atoms with Crippen LogP contribution in [0.15, 0.2) is 75.0 Å². The van der Waals surface area contributed by atoms with E-state index < -0.39 is 21.8 Å². The Balaban J connectivity index is 1.42. The van der Waals surface area contributed by atoms with Gasteiger partial charge < -0.3 is 9.80 Å². The SMILES string of the molecule is CCCN1CCN([C@H]2CCN(C(=O)C(c3ccccc3)n3c(=O)n(S(=O)(=O)c4ccsc4)c4ccc(C#N)cc43)C2)CC1. The maximum Gasteiger partial charge on any atom is 0.344 e. The lowest BCUT2D eigenvalue weighted by Crippen LogP contribution is -2.51. The van der Waals surface area contributed by atoms with E-state index in [1.807, 2.05) is 6.07 Å². The molecule has 0 N–H and O–H groups in total. The zero-order valence-electron chi connectivity index (χ0n) is 24.0. The highest BCUT2D eigenvalue weighted by molar-refractivity contribution is 7.90. The molecular weight excluding hydrogens is 585 g/mol. The van der Waals surface area contributed by atoms with Gasteiger partial charge in [-0.2, -0.15) is 20.6 Å². The number of fused-ring (bicyclic) bond motifs is 1. The summed E-state index contributed by atoms with van der Waals surface area (Å²) in [4.78, 5) is 35.4. The number of benzene rings is 2. The van der Waals surface area contributed by atoms with E-state index in [2.05, 4.69) is 22.8 Å². The Labute approximate surface area is 255 Å². The van der Waals surface area contributed by atoms with Crippen LogP contribution in [0.2, 0.25) is 0 Å². The number of aromatic nitrogens is 2. The molecule has 224 valence electrons. The van der Waals surface area contributed by atoms with Crippen LogP contribution >= 0.6 is 11.3 Å². The molecule has 2 aromatic heterocycles. The Bertz CT molecular complexity index is 1820. The Kier molecular flexibility index (Phi) is 8.24. The van der Waals surface area contributed by atoms with Crippen molar-refractivity contribution in [3.63, 3.8) is 0 Å². The van der Waals surface area contributed by atoms with Crippen molar-refractivity contribution in [2.45, 2.75) is 36.7 Å². The van der Waals surface area contributed by atoms with E-state index in [9.17, 15) is 23.3 Å². The molecule has 2 aliphatic rings. The zero-order chi connectivity index (χ0) is 30.1. The number of rotatable bonds is 8. The average Bonchev–Trinajstić information content (AvgIpc) is 3.79. The standard InChI is InChI=1S/C31H34N6O4S2/c1-2-12-33-14-16-34(17-15-33)25-10-13-35(21-25)30(38)29(24-6-4-3-5-7-24)36-28-19-23(20-32)8-9-27(28)37(31(36)39)43(40,41)26-11-18-42-22-26/h3-9,11,18-19,22,25,29H,2,10,12-17,21H2,1H3/t25-,29?/m0/s1. The summed E-state index contributed by atoms with van der Waals surface area (Å²) in [6.07, 6.45) is 1.97. The summed E-state index contributed by atoms with van der Waals surface area (Å²) in [6.45, 7) is 8.32. The van der Waals surface area contributed by atoms with Crippen molar-refractivity contribution in [3.05, 3.63) is 87.0 Å². The number of hydrogen-bond donors (Lipinski definition) is 0. The summed E-state index contributed by atoms with van der Waals surface area (Å²) in [5.41, 5.74) is 0.317. The van der Waals surface area contributed by atoms with Crippen LogP contribution in [0.4, 0.5) is 0 Å². The molecule has 0 radical (unpaired) electrons. The Morgan fingerprint density at radius 1 is 1.05 bits per heavy atom. The molecule has 2 atom stereocenters. The van der Waals surface area contributed by atoms with Gasteiger partial charge in [-0.1, -0.05) is 37.3 Å². The molecule has 10 nitrogen and oxygen atoms in total. The van der Waals surface area contributed by atoms with Crippen molar-refractivity contribution >= 4 is 38.3 Å². The normalized spacial score (nSPS) is 19.1. The quantitative estimate of drug-likeness (QED) is 0.298. The molecular formula is C31H34N6O4S2. The van der Waals surface area contributed by atoms with Gasteiger partial charge in [0.2, 0.25) is 0 Å². The Hall–Kier alpha value is -3.76. The topological polar surface area (TPSA) is 112 Å². The number of carbonyl (C=O) groups is 1. The molecule has 0 aliphatic carbocycles. The molecule has 0 bridgehead atoms. The number of imidazole rings is 1. The van der Waals surface area contributed by atoms with Crippen LogP contribution in [0.25, 0.3) is 11.0 Å². The van der Waals surface area contributed by atoms with Crippen LogP contribution in [0.5, 0.6) is 0 Å². The largest absolute Gasteiger partial charge is 0.344 e. The van der Waals surface area contributed by atoms with Crippen molar-refractivity contribution in [2.24, 2.45) is 0 Å². The number of amides is 1. The van der Waals surface area contributed by atoms with Crippen LogP contribution < -0.4 is 5.69 Å². The van der Waals surface area contributed by atoms with Crippen molar-refractivity contribution in [1.29, 1.82) is 5.26 Å². The van der Waals surface area contributed by atoms with Gasteiger partial charge in [-0.15, -0.1) is 0 Å². The van der Waals surface area contributed by atoms with Gasteiger partial charge in [0, 0.05) is 50.7 Å². The second-order valence-corrected chi connectivity index (χ2v) is 13.7. The van der Waals surface area contributed by atoms with Crippen LogP contribution in [-0.2, 0) is 14.8 Å². The predicted molar refractivity (Wildman–Crippen MR) is 166 cm³/mol. The van der Waals surface area contributed by atoms with Gasteiger partial charge in [-0.25, -0.2) is 13.2 Å². The summed E-state index contributed by atoms with van der Waals surface area (Å²) in [7, 11) is -4.27. The fourth-order valence-corrected chi connectivity index (χ4v) is 8.78. The van der Waals surface area contributed by atoms with Crippen molar-refractivity contribution in [1.82, 2.24) is 23.2 Å². The van der Waals surface area contributed by atoms with Gasteiger partial charge >= 0.3 is 5.69 Å². The molecule has 2 aliphatic heterocycles. The number of thiophene rings is 1. The number of nitriles is 1. The van der Waals surface area contributed by atoms with Crippen LogP contribution in [0.1, 0.15) is 36.9 Å². The summed E-state index contributed by atoms with van der Waals surface area (Å²) in [5.74, 6) is -0.269. The molecule has 2 fully saturated rings. The van der Waals surface area contributed by atoms with E-state index in [-0.39, 0.29) is 33.4 Å². The van der Waals surface area contributed by atoms with Gasteiger partial charge in [0.25, 0.3) is 15.9 Å². The molecule has 43 heavy (non-hydrogen) atoms. The van der Waals surface area contributed by atoms with Crippen LogP contribution in [0, 0.1) is 11.3 Å². The molecule has 2 saturated heterocycles. The molecule has 12 heteroatoms. The molecule has 1 unspecified atom stereocenters. The lowest BCUT2D eigenvalue weighted by Gasteiger charge is -2.38. The fourth-order valence-electron chi connectivity index (χ4n) is 6.37. The summed E-state index contributed by atoms with van der Waals surface area (Å²) in [5, 5.41) is 12.8. The minimum atomic E-state index is -4.27. The predicted octanol–water partition coefficient (Wildman–Crippen LogP) is 3.19. The molecule has 4 aromatic rings. The molecule has 6 rings (SSSR count). The molecule has 0 spiro atoms. The number of nitrogens with zero attached hydrogens (tertiary/aromatic N) is 6. The Morgan fingerprint density at radius 2 is 1.81 bits per heavy atom. The van der Waals surface area contributed by atoms with E-state index in [0.717, 1.165) is 49.5 Å². The lowest BCUT2D eigenvalue weighted by atomic mass is 10.0. The number of likely N-dealkylation sites (tertiary alicyclic amines) is 1. The Morgan fingerprint density at radius 3 is 2.49 bits per heavy atom. The first-order chi connectivity index (χ1) is 20.8. The van der Waals surface area contributed by atoms with Crippen molar-refractivity contribution < 1.29 is 13.2 Å². The third kappa shape index (κ3) is 5.42. The number of carbonyl (C=O) groups excluding carboxylic acids is 1. The number of hydrogen-bond acceptors (Lipinski definition) is 8. The lowest BCUT2D eigenvalue weighted by molar-refractivity contribution is -0.132. The first-order valence-corrected chi connectivity index (χ1v) is 17.0. The van der Waals surface area contributed by atoms with Crippen molar-refractivity contribution in [3.8, 4) is 6.07 Å². The molecule has 4 heterocycles. The first-order valence-electron chi connectivity index (χ1n) is 14.6. The minimum Gasteiger partial charge on any atom is -0.339 e.